The summed E-state index contributed by atoms with van der Waals surface area (Å²) in [7, 11) is -5.74. The van der Waals surface area contributed by atoms with Crippen LogP contribution in [0.25, 0.3) is 0 Å². The number of nitrogens with zero attached hydrogens (tertiary/aromatic N) is 1. The van der Waals surface area contributed by atoms with Crippen LogP contribution < -0.4 is 15.7 Å². The Morgan fingerprint density at radius 1 is 0.976 bits per heavy atom. The van der Waals surface area contributed by atoms with Crippen molar-refractivity contribution in [1.29, 1.82) is 0 Å². The second-order valence-electron chi connectivity index (χ2n) is 13.2. The summed E-state index contributed by atoms with van der Waals surface area (Å²) in [5.74, 6) is -0.953. The van der Waals surface area contributed by atoms with Crippen molar-refractivity contribution in [2.75, 3.05) is 0 Å². The molecule has 0 radical (unpaired) electrons. The molecular weight excluding hydrogens is 655 g/mol. The third kappa shape index (κ3) is 5.31. The van der Waals surface area contributed by atoms with E-state index in [0.29, 0.717) is 0 Å². The molecule has 3 aliphatic rings. The van der Waals surface area contributed by atoms with Gasteiger partial charge in [-0.15, -0.1) is 0 Å². The van der Waals surface area contributed by atoms with Gasteiger partial charge in [0.05, 0.1) is 0 Å². The number of aromatic nitrogens is 2. The summed E-state index contributed by atoms with van der Waals surface area (Å²) in [4.78, 5) is 27.4. The van der Waals surface area contributed by atoms with Gasteiger partial charge >= 0.3 is 262 Å². The average Bonchev–Trinajstić information content (AvgIpc) is 3.44. The van der Waals surface area contributed by atoms with Gasteiger partial charge in [0.2, 0.25) is 0 Å². The van der Waals surface area contributed by atoms with Crippen molar-refractivity contribution in [2.45, 2.75) is 124 Å². The molecule has 0 unspecified atom stereocenters. The molecule has 3 fully saturated rings. The van der Waals surface area contributed by atoms with Crippen LogP contribution in [-0.2, 0) is 13.0 Å². The quantitative estimate of drug-likeness (QED) is 0.358. The van der Waals surface area contributed by atoms with E-state index >= 15 is 0 Å². The third-order valence-electron chi connectivity index (χ3n) is 9.37. The average molecular weight is 700 g/mol. The van der Waals surface area contributed by atoms with Crippen molar-refractivity contribution in [2.24, 2.45) is 0 Å². The zero-order chi connectivity index (χ0) is 30.6. The Hall–Kier alpha value is -0.987. The molecule has 0 bridgehead atoms. The van der Waals surface area contributed by atoms with Crippen LogP contribution in [0.4, 0.5) is 4.39 Å². The van der Waals surface area contributed by atoms with Gasteiger partial charge in [0.15, 0.2) is 0 Å². The second kappa shape index (κ2) is 12.1. The van der Waals surface area contributed by atoms with Crippen molar-refractivity contribution in [3.05, 3.63) is 63.2 Å². The molecule has 232 valence electrons. The van der Waals surface area contributed by atoms with Crippen LogP contribution in [0.3, 0.4) is 0 Å². The van der Waals surface area contributed by atoms with Crippen molar-refractivity contribution in [3.8, 4) is 0 Å². The van der Waals surface area contributed by atoms with E-state index in [1.165, 1.54) is 9.03 Å². The summed E-state index contributed by atoms with van der Waals surface area (Å²) in [5, 5.41) is -0.420. The van der Waals surface area contributed by atoms with E-state index in [0.717, 1.165) is 25.5 Å². The van der Waals surface area contributed by atoms with Crippen LogP contribution >= 0.6 is 11.8 Å². The molecule has 42 heavy (non-hydrogen) atoms. The molecule has 3 heterocycles. The monoisotopic (exact) mass is 700 g/mol. The van der Waals surface area contributed by atoms with Crippen molar-refractivity contribution < 1.29 is 17.4 Å². The molecule has 2 aromatic rings. The molecule has 0 amide bonds. The summed E-state index contributed by atoms with van der Waals surface area (Å²) < 4.78 is 39.7. The van der Waals surface area contributed by atoms with Gasteiger partial charge < -0.3 is 0 Å². The van der Waals surface area contributed by atoms with Gasteiger partial charge in [-0.25, -0.2) is 0 Å². The first kappa shape index (κ1) is 32.4. The molecule has 1 aromatic carbocycles. The van der Waals surface area contributed by atoms with Gasteiger partial charge in [-0.2, -0.15) is 0 Å². The molecule has 12 heteroatoms. The van der Waals surface area contributed by atoms with Crippen LogP contribution in [-0.4, -0.2) is 58.6 Å². The summed E-state index contributed by atoms with van der Waals surface area (Å²) in [6, 6.07) is 10.3. The molecule has 1 N–H and O–H groups in total. The number of rotatable bonds is 7. The topological polar surface area (TPSA) is 82.6 Å². The van der Waals surface area contributed by atoms with Gasteiger partial charge in [0.25, 0.3) is 0 Å². The molecule has 2 aliphatic heterocycles. The first-order valence-electron chi connectivity index (χ1n) is 15.2. The maximum absolute atomic E-state index is 14.8. The fourth-order valence-corrected chi connectivity index (χ4v) is 24.5. The number of hydrogen-bond acceptors (Lipinski definition) is 6. The number of nitrogens with one attached hydrogen (secondary N) is 1. The Morgan fingerprint density at radius 3 is 2.17 bits per heavy atom. The number of thioether (sulfide) groups is 1. The molecule has 5 rings (SSSR count). The van der Waals surface area contributed by atoms with E-state index < -0.39 is 44.3 Å². The van der Waals surface area contributed by atoms with Gasteiger partial charge in [-0.1, -0.05) is 0 Å². The second-order valence-corrected chi connectivity index (χ2v) is 26.1. The Morgan fingerprint density at radius 2 is 1.57 bits per heavy atom. The Balaban J connectivity index is 1.75. The first-order valence-corrected chi connectivity index (χ1v) is 21.9. The Bertz CT molecular complexity index is 1370. The molecule has 1 aromatic heterocycles. The minimum absolute atomic E-state index is 0.0994. The molecule has 2 saturated heterocycles. The van der Waals surface area contributed by atoms with E-state index in [9.17, 15) is 14.0 Å². The first-order chi connectivity index (χ1) is 19.8. The number of hydrogen-bond donors (Lipinski definition) is 1. The Kier molecular flexibility index (Phi) is 9.32. The predicted octanol–water partition coefficient (Wildman–Crippen LogP) is 5.99. The minimum atomic E-state index is -2.94. The summed E-state index contributed by atoms with van der Waals surface area (Å²) in [6.07, 6.45) is 3.54. The third-order valence-corrected chi connectivity index (χ3v) is 24.7. The molecule has 7 nitrogen and oxygen atoms in total. The van der Waals surface area contributed by atoms with Crippen LogP contribution in [0.1, 0.15) is 80.0 Å². The number of benzene rings is 1. The van der Waals surface area contributed by atoms with Gasteiger partial charge in [0.1, 0.15) is 0 Å². The van der Waals surface area contributed by atoms with E-state index in [1.54, 1.807) is 11.8 Å². The van der Waals surface area contributed by atoms with Gasteiger partial charge in [-0.05, 0) is 0 Å². The Labute approximate surface area is 261 Å². The van der Waals surface area contributed by atoms with Crippen LogP contribution in [0.5, 0.6) is 0 Å². The van der Waals surface area contributed by atoms with Crippen molar-refractivity contribution in [3.63, 3.8) is 0 Å². The molecule has 5 atom stereocenters. The zero-order valence-corrected chi connectivity index (χ0v) is 30.4. The van der Waals surface area contributed by atoms with Crippen LogP contribution in [0, 0.1) is 5.82 Å². The fourth-order valence-electron chi connectivity index (χ4n) is 7.25. The molecule has 1 saturated carbocycles. The SMILES string of the molecule is CC(C)[Si]1(C(C)C)O[C@H]2CCC[C@]23S[C@H](n2cc(F)c(=O)[nH]c2=O)[C@@H]([Se]c2ccccc2)[C@@H]3O[Si](C(C)C)(C(C)C)O1. The van der Waals surface area contributed by atoms with Gasteiger partial charge in [0, 0.05) is 0 Å². The van der Waals surface area contributed by atoms with E-state index in [1.807, 2.05) is 18.2 Å². The standard InChI is InChI=1S/C30H45FN2O5SSeSi2/c1-18(2)41(19(3)4)36-24-15-12-16-30(24)26(37-42(38-41,20(5)6)21(7)8)25(40-22-13-10-9-11-14-22)28(39-30)33-17-23(31)27(34)32-29(33)35/h9-11,13-14,17-21,24-26,28H,12,15-16H2,1-8H3,(H,32,34,35)/t24-,25-,26-,28-,30-/m0/s1. The molecule has 1 spiro atoms. The summed E-state index contributed by atoms with van der Waals surface area (Å²) >= 11 is 1.60. The number of H-pyrrole nitrogens is 1. The fraction of sp³-hybridized carbons (Fsp3) is 0.667. The summed E-state index contributed by atoms with van der Waals surface area (Å²) in [6.45, 7) is 17.9. The molecular formula is C30H45FN2O5SSeSi2. The number of halogens is 1. The normalized spacial score (nSPS) is 30.5. The maximum atomic E-state index is 14.8. The van der Waals surface area contributed by atoms with Crippen molar-refractivity contribution in [1.82, 2.24) is 9.55 Å². The van der Waals surface area contributed by atoms with Crippen LogP contribution in [0.15, 0.2) is 46.1 Å². The van der Waals surface area contributed by atoms with Crippen molar-refractivity contribution >= 4 is 48.3 Å². The van der Waals surface area contributed by atoms with Crippen LogP contribution in [0.2, 0.25) is 27.0 Å². The van der Waals surface area contributed by atoms with Gasteiger partial charge in [-0.3, -0.25) is 0 Å². The van der Waals surface area contributed by atoms with E-state index in [4.69, 9.17) is 13.0 Å². The number of aromatic amines is 1. The molecule has 1 aliphatic carbocycles. The van der Waals surface area contributed by atoms with E-state index in [-0.39, 0.29) is 54.1 Å². The van der Waals surface area contributed by atoms with E-state index in [2.05, 4.69) is 72.5 Å². The summed E-state index contributed by atoms with van der Waals surface area (Å²) in [5.41, 5.74) is -0.792. The predicted molar refractivity (Wildman–Crippen MR) is 173 cm³/mol. The zero-order valence-electron chi connectivity index (χ0n) is 25.9.